The maximum absolute atomic E-state index is 12.2. The molecular weight excluding hydrogens is 233 g/mol. The number of hydrogen-bond donors (Lipinski definition) is 2. The minimum atomic E-state index is -4.69. The summed E-state index contributed by atoms with van der Waals surface area (Å²) in [6.45, 7) is 0.645. The molecule has 4 N–H and O–H groups in total. The molecule has 0 aromatic heterocycles. The Balaban J connectivity index is 2.98. The van der Waals surface area contributed by atoms with E-state index in [1.54, 1.807) is 12.1 Å². The number of ether oxygens (including phenoxy) is 1. The molecule has 6 heteroatoms. The molecule has 0 fully saturated rings. The molecule has 0 saturated heterocycles. The van der Waals surface area contributed by atoms with Crippen LogP contribution < -0.4 is 16.2 Å². The summed E-state index contributed by atoms with van der Waals surface area (Å²) in [6.07, 6.45) is -3.84. The predicted octanol–water partition coefficient (Wildman–Crippen LogP) is 1.59. The average Bonchev–Trinajstić information content (AvgIpc) is 2.20. The van der Waals surface area contributed by atoms with Gasteiger partial charge in [0.25, 0.3) is 0 Å². The third kappa shape index (κ3) is 4.62. The number of alkyl halides is 3. The van der Waals surface area contributed by atoms with Gasteiger partial charge in [0.15, 0.2) is 0 Å². The summed E-state index contributed by atoms with van der Waals surface area (Å²) in [5, 5.41) is 0. The molecule has 0 bridgehead atoms. The van der Waals surface area contributed by atoms with Gasteiger partial charge < -0.3 is 16.2 Å². The van der Waals surface area contributed by atoms with Gasteiger partial charge in [0.2, 0.25) is 0 Å². The van der Waals surface area contributed by atoms with Gasteiger partial charge in [0.05, 0.1) is 0 Å². The number of halogens is 3. The lowest BCUT2D eigenvalue weighted by Gasteiger charge is -2.14. The maximum atomic E-state index is 12.2. The Bertz CT molecular complexity index is 366. The van der Waals surface area contributed by atoms with Crippen molar-refractivity contribution >= 4 is 0 Å². The summed E-state index contributed by atoms with van der Waals surface area (Å²) in [6, 6.07) is 4.70. The van der Waals surface area contributed by atoms with Crippen molar-refractivity contribution in [2.75, 3.05) is 13.1 Å². The van der Waals surface area contributed by atoms with Gasteiger partial charge >= 0.3 is 6.36 Å². The second kappa shape index (κ2) is 5.88. The van der Waals surface area contributed by atoms with Gasteiger partial charge in [-0.3, -0.25) is 0 Å². The van der Waals surface area contributed by atoms with Crippen LogP contribution in [0, 0.1) is 0 Å². The van der Waals surface area contributed by atoms with Crippen LogP contribution >= 0.6 is 0 Å². The molecule has 0 saturated carbocycles. The van der Waals surface area contributed by atoms with Gasteiger partial charge in [0, 0.05) is 0 Å². The molecule has 96 valence electrons. The highest BCUT2D eigenvalue weighted by Gasteiger charge is 2.32. The van der Waals surface area contributed by atoms with Crippen LogP contribution in [0.25, 0.3) is 0 Å². The monoisotopic (exact) mass is 248 g/mol. The van der Waals surface area contributed by atoms with Crippen molar-refractivity contribution in [3.05, 3.63) is 29.3 Å². The van der Waals surface area contributed by atoms with E-state index < -0.39 is 6.36 Å². The lowest BCUT2D eigenvalue weighted by Crippen LogP contribution is -2.19. The Morgan fingerprint density at radius 3 is 2.24 bits per heavy atom. The van der Waals surface area contributed by atoms with Crippen molar-refractivity contribution in [1.82, 2.24) is 0 Å². The van der Waals surface area contributed by atoms with Crippen LogP contribution in [0.3, 0.4) is 0 Å². The van der Waals surface area contributed by atoms with Gasteiger partial charge in [0.1, 0.15) is 5.75 Å². The number of rotatable bonds is 5. The van der Waals surface area contributed by atoms with Gasteiger partial charge in [-0.25, -0.2) is 0 Å². The standard InChI is InChI=1S/C11H15F3N2O/c12-11(13,14)17-10-7-8(3-5-15)1-2-9(10)4-6-16/h1-2,7H,3-6,15-16H2. The Morgan fingerprint density at radius 2 is 1.71 bits per heavy atom. The van der Waals surface area contributed by atoms with Crippen LogP contribution in [0.4, 0.5) is 13.2 Å². The molecule has 3 nitrogen and oxygen atoms in total. The first-order valence-electron chi connectivity index (χ1n) is 5.24. The van der Waals surface area contributed by atoms with E-state index in [4.69, 9.17) is 11.5 Å². The minimum absolute atomic E-state index is 0.186. The van der Waals surface area contributed by atoms with Gasteiger partial charge in [-0.2, -0.15) is 0 Å². The Morgan fingerprint density at radius 1 is 1.06 bits per heavy atom. The van der Waals surface area contributed by atoms with Crippen molar-refractivity contribution in [2.45, 2.75) is 19.2 Å². The van der Waals surface area contributed by atoms with Crippen molar-refractivity contribution < 1.29 is 17.9 Å². The zero-order valence-corrected chi connectivity index (χ0v) is 9.26. The Hall–Kier alpha value is -1.27. The van der Waals surface area contributed by atoms with Crippen molar-refractivity contribution in [3.63, 3.8) is 0 Å². The molecule has 1 rings (SSSR count). The number of benzene rings is 1. The van der Waals surface area contributed by atoms with E-state index in [0.717, 1.165) is 0 Å². The summed E-state index contributed by atoms with van der Waals surface area (Å²) >= 11 is 0. The van der Waals surface area contributed by atoms with Crippen molar-refractivity contribution in [2.24, 2.45) is 11.5 Å². The molecule has 0 aliphatic rings. The molecule has 0 spiro atoms. The summed E-state index contributed by atoms with van der Waals surface area (Å²) < 4.78 is 40.6. The van der Waals surface area contributed by atoms with E-state index in [0.29, 0.717) is 30.5 Å². The third-order valence-corrected chi connectivity index (χ3v) is 2.20. The summed E-state index contributed by atoms with van der Waals surface area (Å²) in [7, 11) is 0. The van der Waals surface area contributed by atoms with Crippen LogP contribution in [0.1, 0.15) is 11.1 Å². The normalized spacial score (nSPS) is 11.6. The van der Waals surface area contributed by atoms with E-state index in [9.17, 15) is 13.2 Å². The zero-order chi connectivity index (χ0) is 12.9. The molecular formula is C11H15F3N2O. The fraction of sp³-hybridized carbons (Fsp3) is 0.455. The van der Waals surface area contributed by atoms with Crippen LogP contribution in [0.2, 0.25) is 0 Å². The molecule has 1 aromatic carbocycles. The van der Waals surface area contributed by atoms with Crippen LogP contribution in [-0.4, -0.2) is 19.5 Å². The Kier molecular flexibility index (Phi) is 4.77. The van der Waals surface area contributed by atoms with Crippen LogP contribution in [0.5, 0.6) is 5.75 Å². The quantitative estimate of drug-likeness (QED) is 0.831. The van der Waals surface area contributed by atoms with E-state index in [1.165, 1.54) is 6.07 Å². The second-order valence-electron chi connectivity index (χ2n) is 3.57. The first kappa shape index (κ1) is 13.8. The molecule has 0 amide bonds. The zero-order valence-electron chi connectivity index (χ0n) is 9.26. The molecule has 0 atom stereocenters. The summed E-state index contributed by atoms with van der Waals surface area (Å²) in [5.74, 6) is -0.186. The predicted molar refractivity (Wildman–Crippen MR) is 58.6 cm³/mol. The van der Waals surface area contributed by atoms with E-state index >= 15 is 0 Å². The number of nitrogens with two attached hydrogens (primary N) is 2. The first-order valence-corrected chi connectivity index (χ1v) is 5.24. The molecule has 0 aliphatic carbocycles. The highest BCUT2D eigenvalue weighted by Crippen LogP contribution is 2.27. The highest BCUT2D eigenvalue weighted by atomic mass is 19.4. The van der Waals surface area contributed by atoms with E-state index in [2.05, 4.69) is 4.74 Å². The Labute approximate surface area is 97.5 Å². The van der Waals surface area contributed by atoms with E-state index in [1.807, 2.05) is 0 Å². The van der Waals surface area contributed by atoms with Gasteiger partial charge in [-0.05, 0) is 43.1 Å². The van der Waals surface area contributed by atoms with Gasteiger partial charge in [-0.1, -0.05) is 12.1 Å². The van der Waals surface area contributed by atoms with E-state index in [-0.39, 0.29) is 12.3 Å². The lowest BCUT2D eigenvalue weighted by molar-refractivity contribution is -0.274. The molecule has 0 radical (unpaired) electrons. The largest absolute Gasteiger partial charge is 0.573 e. The lowest BCUT2D eigenvalue weighted by atomic mass is 10.1. The fourth-order valence-electron chi connectivity index (χ4n) is 1.50. The SMILES string of the molecule is NCCc1ccc(CCN)c(OC(F)(F)F)c1. The summed E-state index contributed by atoms with van der Waals surface area (Å²) in [4.78, 5) is 0. The topological polar surface area (TPSA) is 61.3 Å². The number of hydrogen-bond acceptors (Lipinski definition) is 3. The van der Waals surface area contributed by atoms with Crippen LogP contribution in [0.15, 0.2) is 18.2 Å². The smallest absolute Gasteiger partial charge is 0.405 e. The molecule has 0 unspecified atom stereocenters. The average molecular weight is 248 g/mol. The van der Waals surface area contributed by atoms with Crippen molar-refractivity contribution in [3.8, 4) is 5.75 Å². The fourth-order valence-corrected chi connectivity index (χ4v) is 1.50. The van der Waals surface area contributed by atoms with Crippen molar-refractivity contribution in [1.29, 1.82) is 0 Å². The van der Waals surface area contributed by atoms with Crippen LogP contribution in [-0.2, 0) is 12.8 Å². The second-order valence-corrected chi connectivity index (χ2v) is 3.57. The molecule has 0 heterocycles. The minimum Gasteiger partial charge on any atom is -0.405 e. The first-order chi connectivity index (χ1) is 7.96. The third-order valence-electron chi connectivity index (χ3n) is 2.20. The molecule has 0 aliphatic heterocycles. The molecule has 1 aromatic rings. The van der Waals surface area contributed by atoms with Gasteiger partial charge in [-0.15, -0.1) is 13.2 Å². The highest BCUT2D eigenvalue weighted by molar-refractivity contribution is 5.38. The molecule has 17 heavy (non-hydrogen) atoms. The summed E-state index contributed by atoms with van der Waals surface area (Å²) in [5.41, 5.74) is 11.8. The maximum Gasteiger partial charge on any atom is 0.573 e.